The second kappa shape index (κ2) is 5.18. The molecule has 5 heteroatoms. The van der Waals surface area contributed by atoms with Crippen LogP contribution in [0.5, 0.6) is 5.75 Å². The van der Waals surface area contributed by atoms with Crippen LogP contribution in [0.2, 0.25) is 0 Å². The lowest BCUT2D eigenvalue weighted by molar-refractivity contribution is 0.0699. The first-order valence-electron chi connectivity index (χ1n) is 6.61. The molecule has 0 aliphatic rings. The largest absolute Gasteiger partial charge is 0.497 e. The SMILES string of the molecule is COc1ccc2oc(-c3ccc(C)c(F)c3)c(C(=O)O)c2c1. The molecule has 1 heterocycles. The zero-order chi connectivity index (χ0) is 15.9. The molecule has 0 aliphatic carbocycles. The van der Waals surface area contributed by atoms with E-state index in [-0.39, 0.29) is 11.3 Å². The Bertz CT molecular complexity index is 880. The molecule has 1 N–H and O–H groups in total. The van der Waals surface area contributed by atoms with Gasteiger partial charge < -0.3 is 14.3 Å². The van der Waals surface area contributed by atoms with E-state index in [0.29, 0.717) is 27.8 Å². The van der Waals surface area contributed by atoms with E-state index in [9.17, 15) is 14.3 Å². The summed E-state index contributed by atoms with van der Waals surface area (Å²) in [5, 5.41) is 9.93. The molecule has 2 aromatic carbocycles. The van der Waals surface area contributed by atoms with Crippen LogP contribution in [0.3, 0.4) is 0 Å². The van der Waals surface area contributed by atoms with Crippen molar-refractivity contribution in [3.63, 3.8) is 0 Å². The first-order valence-corrected chi connectivity index (χ1v) is 6.61. The molecule has 0 atom stereocenters. The summed E-state index contributed by atoms with van der Waals surface area (Å²) in [6.07, 6.45) is 0. The predicted molar refractivity (Wildman–Crippen MR) is 79.9 cm³/mol. The van der Waals surface area contributed by atoms with Crippen LogP contribution in [0.25, 0.3) is 22.3 Å². The summed E-state index contributed by atoms with van der Waals surface area (Å²) in [5.74, 6) is -0.887. The maximum Gasteiger partial charge on any atom is 0.340 e. The summed E-state index contributed by atoms with van der Waals surface area (Å²) in [6, 6.07) is 9.41. The highest BCUT2D eigenvalue weighted by atomic mass is 19.1. The number of hydrogen-bond acceptors (Lipinski definition) is 3. The minimum Gasteiger partial charge on any atom is -0.497 e. The highest BCUT2D eigenvalue weighted by Crippen LogP contribution is 2.36. The van der Waals surface area contributed by atoms with Crippen LogP contribution >= 0.6 is 0 Å². The van der Waals surface area contributed by atoms with E-state index >= 15 is 0 Å². The molecule has 0 saturated carbocycles. The van der Waals surface area contributed by atoms with Gasteiger partial charge >= 0.3 is 5.97 Å². The molecule has 112 valence electrons. The number of ether oxygens (including phenoxy) is 1. The monoisotopic (exact) mass is 300 g/mol. The molecule has 0 radical (unpaired) electrons. The van der Waals surface area contributed by atoms with Gasteiger partial charge in [-0.25, -0.2) is 9.18 Å². The lowest BCUT2D eigenvalue weighted by Crippen LogP contribution is -1.97. The Morgan fingerprint density at radius 2 is 2.00 bits per heavy atom. The van der Waals surface area contributed by atoms with Gasteiger partial charge in [0, 0.05) is 10.9 Å². The number of fused-ring (bicyclic) bond motifs is 1. The summed E-state index contributed by atoms with van der Waals surface area (Å²) in [6.45, 7) is 1.64. The average Bonchev–Trinajstić information content (AvgIpc) is 2.88. The molecule has 1 aromatic heterocycles. The van der Waals surface area contributed by atoms with Gasteiger partial charge in [0.1, 0.15) is 28.5 Å². The zero-order valence-corrected chi connectivity index (χ0v) is 12.0. The molecular weight excluding hydrogens is 287 g/mol. The number of rotatable bonds is 3. The number of carboxylic acids is 1. The Labute approximate surface area is 125 Å². The maximum absolute atomic E-state index is 13.8. The predicted octanol–water partition coefficient (Wildman–Crippen LogP) is 4.25. The standard InChI is InChI=1S/C17H13FO4/c1-9-3-4-10(7-13(9)18)16-15(17(19)20)12-8-11(21-2)5-6-14(12)22-16/h3-8H,1-2H3,(H,19,20). The van der Waals surface area contributed by atoms with Gasteiger partial charge in [-0.15, -0.1) is 0 Å². The minimum absolute atomic E-state index is 0.00264. The van der Waals surface area contributed by atoms with Crippen molar-refractivity contribution in [2.24, 2.45) is 0 Å². The highest BCUT2D eigenvalue weighted by Gasteiger charge is 2.22. The first kappa shape index (κ1) is 14.1. The van der Waals surface area contributed by atoms with Crippen molar-refractivity contribution in [2.45, 2.75) is 6.92 Å². The van der Waals surface area contributed by atoms with E-state index in [2.05, 4.69) is 0 Å². The van der Waals surface area contributed by atoms with E-state index in [4.69, 9.17) is 9.15 Å². The number of methoxy groups -OCH3 is 1. The summed E-state index contributed by atoms with van der Waals surface area (Å²) in [7, 11) is 1.50. The van der Waals surface area contributed by atoms with Gasteiger partial charge in [-0.1, -0.05) is 12.1 Å². The molecule has 0 saturated heterocycles. The third-order valence-corrected chi connectivity index (χ3v) is 3.54. The maximum atomic E-state index is 13.8. The topological polar surface area (TPSA) is 59.7 Å². The summed E-state index contributed by atoms with van der Waals surface area (Å²) < 4.78 is 24.5. The van der Waals surface area contributed by atoms with Gasteiger partial charge in [0.05, 0.1) is 7.11 Å². The van der Waals surface area contributed by atoms with Gasteiger partial charge in [-0.3, -0.25) is 0 Å². The van der Waals surface area contributed by atoms with Crippen LogP contribution in [-0.4, -0.2) is 18.2 Å². The van der Waals surface area contributed by atoms with Gasteiger partial charge in [0.15, 0.2) is 0 Å². The van der Waals surface area contributed by atoms with E-state index in [0.717, 1.165) is 0 Å². The van der Waals surface area contributed by atoms with Crippen LogP contribution < -0.4 is 4.74 Å². The lowest BCUT2D eigenvalue weighted by atomic mass is 10.0. The Hall–Kier alpha value is -2.82. The van der Waals surface area contributed by atoms with Crippen LogP contribution in [0.1, 0.15) is 15.9 Å². The molecule has 3 rings (SSSR count). The summed E-state index contributed by atoms with van der Waals surface area (Å²) >= 11 is 0. The Balaban J connectivity index is 2.30. The number of carboxylic acid groups (broad SMARTS) is 1. The Morgan fingerprint density at radius 3 is 2.64 bits per heavy atom. The van der Waals surface area contributed by atoms with Crippen molar-refractivity contribution in [3.8, 4) is 17.1 Å². The second-order valence-electron chi connectivity index (χ2n) is 4.94. The normalized spacial score (nSPS) is 10.9. The quantitative estimate of drug-likeness (QED) is 0.785. The van der Waals surface area contributed by atoms with Crippen molar-refractivity contribution >= 4 is 16.9 Å². The fourth-order valence-electron chi connectivity index (χ4n) is 2.35. The summed E-state index contributed by atoms with van der Waals surface area (Å²) in [5.41, 5.74) is 1.28. The van der Waals surface area contributed by atoms with Crippen LogP contribution in [0.15, 0.2) is 40.8 Å². The summed E-state index contributed by atoms with van der Waals surface area (Å²) in [4.78, 5) is 11.6. The van der Waals surface area contributed by atoms with Gasteiger partial charge in [0.2, 0.25) is 0 Å². The molecule has 0 unspecified atom stereocenters. The molecule has 4 nitrogen and oxygen atoms in total. The van der Waals surface area contributed by atoms with Gasteiger partial charge in [0.25, 0.3) is 0 Å². The molecule has 0 fully saturated rings. The van der Waals surface area contributed by atoms with Gasteiger partial charge in [-0.2, -0.15) is 0 Å². The van der Waals surface area contributed by atoms with Crippen molar-refractivity contribution in [3.05, 3.63) is 53.3 Å². The Morgan fingerprint density at radius 1 is 1.23 bits per heavy atom. The Kier molecular flexibility index (Phi) is 3.33. The number of halogens is 1. The van der Waals surface area contributed by atoms with Gasteiger partial charge in [-0.05, 0) is 36.8 Å². The second-order valence-corrected chi connectivity index (χ2v) is 4.94. The lowest BCUT2D eigenvalue weighted by Gasteiger charge is -2.02. The van der Waals surface area contributed by atoms with E-state index < -0.39 is 11.8 Å². The number of benzene rings is 2. The fraction of sp³-hybridized carbons (Fsp3) is 0.118. The molecule has 3 aromatic rings. The average molecular weight is 300 g/mol. The third-order valence-electron chi connectivity index (χ3n) is 3.54. The van der Waals surface area contributed by atoms with Crippen LogP contribution in [0.4, 0.5) is 4.39 Å². The van der Waals surface area contributed by atoms with Crippen molar-refractivity contribution in [2.75, 3.05) is 7.11 Å². The molecule has 0 aliphatic heterocycles. The highest BCUT2D eigenvalue weighted by molar-refractivity contribution is 6.08. The molecule has 0 spiro atoms. The number of aromatic carboxylic acids is 1. The molecule has 22 heavy (non-hydrogen) atoms. The minimum atomic E-state index is -1.14. The van der Waals surface area contributed by atoms with E-state index in [1.165, 1.54) is 13.2 Å². The fourth-order valence-corrected chi connectivity index (χ4v) is 2.35. The van der Waals surface area contributed by atoms with Crippen molar-refractivity contribution < 1.29 is 23.4 Å². The van der Waals surface area contributed by atoms with Crippen LogP contribution in [0, 0.1) is 12.7 Å². The molecule has 0 bridgehead atoms. The molecular formula is C17H13FO4. The molecule has 0 amide bonds. The van der Waals surface area contributed by atoms with E-state index in [1.807, 2.05) is 0 Å². The van der Waals surface area contributed by atoms with Crippen molar-refractivity contribution in [1.29, 1.82) is 0 Å². The zero-order valence-electron chi connectivity index (χ0n) is 12.0. The smallest absolute Gasteiger partial charge is 0.340 e. The van der Waals surface area contributed by atoms with Crippen LogP contribution in [-0.2, 0) is 0 Å². The third kappa shape index (κ3) is 2.20. The number of hydrogen-bond donors (Lipinski definition) is 1. The number of aryl methyl sites for hydroxylation is 1. The van der Waals surface area contributed by atoms with E-state index in [1.54, 1.807) is 37.3 Å². The first-order chi connectivity index (χ1) is 10.5. The van der Waals surface area contributed by atoms with Crippen molar-refractivity contribution in [1.82, 2.24) is 0 Å². The number of furan rings is 1. The number of carbonyl (C=O) groups is 1.